The zero-order chi connectivity index (χ0) is 21.1. The number of amides is 1. The zero-order valence-corrected chi connectivity index (χ0v) is 17.9. The maximum absolute atomic E-state index is 12.4. The van der Waals surface area contributed by atoms with Crippen LogP contribution in [0.2, 0.25) is 5.02 Å². The maximum atomic E-state index is 12.4. The second kappa shape index (κ2) is 8.98. The fraction of sp³-hybridized carbons (Fsp3) is 0.348. The summed E-state index contributed by atoms with van der Waals surface area (Å²) in [6.07, 6.45) is 1.78. The van der Waals surface area contributed by atoms with Crippen molar-refractivity contribution in [3.05, 3.63) is 64.5 Å². The monoisotopic (exact) mass is 424 g/mol. The Morgan fingerprint density at radius 2 is 1.97 bits per heavy atom. The van der Waals surface area contributed by atoms with Gasteiger partial charge in [-0.25, -0.2) is 0 Å². The third-order valence-electron chi connectivity index (χ3n) is 5.56. The molecule has 2 heterocycles. The molecule has 0 spiro atoms. The van der Waals surface area contributed by atoms with E-state index in [1.807, 2.05) is 50.2 Å². The Hall–Kier alpha value is -2.70. The summed E-state index contributed by atoms with van der Waals surface area (Å²) < 4.78 is 5.55. The Kier molecular flexibility index (Phi) is 6.16. The van der Waals surface area contributed by atoms with Gasteiger partial charge in [0.05, 0.1) is 6.54 Å². The average Bonchev–Trinajstić information content (AvgIpc) is 3.22. The summed E-state index contributed by atoms with van der Waals surface area (Å²) in [6, 6.07) is 13.6. The molecule has 1 aromatic heterocycles. The van der Waals surface area contributed by atoms with E-state index in [4.69, 9.17) is 16.1 Å². The molecule has 1 fully saturated rings. The highest BCUT2D eigenvalue weighted by molar-refractivity contribution is 6.31. The predicted octanol–water partition coefficient (Wildman–Crippen LogP) is 4.82. The molecule has 0 bridgehead atoms. The van der Waals surface area contributed by atoms with E-state index < -0.39 is 0 Å². The number of halogens is 1. The molecule has 1 N–H and O–H groups in total. The molecule has 0 aliphatic carbocycles. The molecule has 1 saturated heterocycles. The first-order valence-electron chi connectivity index (χ1n) is 10.2. The predicted molar refractivity (Wildman–Crippen MR) is 118 cm³/mol. The average molecular weight is 425 g/mol. The van der Waals surface area contributed by atoms with Crippen LogP contribution < -0.4 is 5.32 Å². The van der Waals surface area contributed by atoms with Crippen LogP contribution >= 0.6 is 11.6 Å². The number of aryl methyl sites for hydroxylation is 1. The summed E-state index contributed by atoms with van der Waals surface area (Å²) in [6.45, 7) is 5.93. The number of hydrogen-bond acceptors (Lipinski definition) is 5. The van der Waals surface area contributed by atoms with Crippen molar-refractivity contribution in [2.45, 2.75) is 32.6 Å². The molecule has 6 nitrogen and oxygen atoms in total. The molecule has 7 heteroatoms. The number of benzene rings is 2. The molecule has 1 aliphatic heterocycles. The van der Waals surface area contributed by atoms with Gasteiger partial charge in [0.1, 0.15) is 0 Å². The molecular weight excluding hydrogens is 400 g/mol. The van der Waals surface area contributed by atoms with Crippen molar-refractivity contribution in [3.8, 4) is 11.4 Å². The van der Waals surface area contributed by atoms with Crippen molar-refractivity contribution >= 4 is 23.2 Å². The van der Waals surface area contributed by atoms with Gasteiger partial charge in [-0.1, -0.05) is 46.6 Å². The normalized spacial score (nSPS) is 15.3. The minimum atomic E-state index is -0.0293. The van der Waals surface area contributed by atoms with Crippen LogP contribution in [0.25, 0.3) is 11.4 Å². The summed E-state index contributed by atoms with van der Waals surface area (Å²) in [7, 11) is 0. The first kappa shape index (κ1) is 20.6. The summed E-state index contributed by atoms with van der Waals surface area (Å²) >= 11 is 6.13. The lowest BCUT2D eigenvalue weighted by molar-refractivity contribution is -0.117. The number of likely N-dealkylation sites (tertiary alicyclic amines) is 1. The Labute approximate surface area is 181 Å². The van der Waals surface area contributed by atoms with E-state index in [0.29, 0.717) is 23.3 Å². The third kappa shape index (κ3) is 4.71. The lowest BCUT2D eigenvalue weighted by Gasteiger charge is -2.29. The van der Waals surface area contributed by atoms with Crippen molar-refractivity contribution in [2.24, 2.45) is 0 Å². The molecule has 0 radical (unpaired) electrons. The minimum Gasteiger partial charge on any atom is -0.339 e. The van der Waals surface area contributed by atoms with Crippen LogP contribution in [0.15, 0.2) is 47.0 Å². The van der Waals surface area contributed by atoms with Gasteiger partial charge in [0.15, 0.2) is 0 Å². The lowest BCUT2D eigenvalue weighted by atomic mass is 9.97. The molecule has 0 saturated carbocycles. The van der Waals surface area contributed by atoms with Crippen LogP contribution in [0.3, 0.4) is 0 Å². The summed E-state index contributed by atoms with van der Waals surface area (Å²) in [4.78, 5) is 19.2. The number of carbonyl (C=O) groups excluding carboxylic acids is 1. The highest BCUT2D eigenvalue weighted by Gasteiger charge is 2.26. The van der Waals surface area contributed by atoms with Gasteiger partial charge in [0, 0.05) is 22.2 Å². The van der Waals surface area contributed by atoms with Crippen molar-refractivity contribution in [3.63, 3.8) is 0 Å². The number of anilines is 1. The SMILES string of the molecule is Cc1cccc(-c2noc(C3CCN(CC(=O)Nc4cccc(Cl)c4C)CC3)n2)c1. The van der Waals surface area contributed by atoms with Gasteiger partial charge in [0.25, 0.3) is 0 Å². The molecule has 156 valence electrons. The minimum absolute atomic E-state index is 0.0293. The van der Waals surface area contributed by atoms with Crippen LogP contribution in [-0.2, 0) is 4.79 Å². The number of carbonyl (C=O) groups is 1. The van der Waals surface area contributed by atoms with Gasteiger partial charge in [0.2, 0.25) is 17.6 Å². The van der Waals surface area contributed by atoms with Crippen LogP contribution in [0.4, 0.5) is 5.69 Å². The Morgan fingerprint density at radius 1 is 1.20 bits per heavy atom. The standard InChI is InChI=1S/C23H25ClN4O2/c1-15-5-3-6-18(13-15)22-26-23(30-27-22)17-9-11-28(12-10-17)14-21(29)25-20-8-4-7-19(24)16(20)2/h3-8,13,17H,9-12,14H2,1-2H3,(H,25,29). The number of piperidine rings is 1. The van der Waals surface area contributed by atoms with Crippen LogP contribution in [0, 0.1) is 13.8 Å². The fourth-order valence-corrected chi connectivity index (χ4v) is 3.95. The van der Waals surface area contributed by atoms with Crippen LogP contribution in [0.5, 0.6) is 0 Å². The second-order valence-electron chi connectivity index (χ2n) is 7.84. The van der Waals surface area contributed by atoms with E-state index in [1.165, 1.54) is 5.56 Å². The zero-order valence-electron chi connectivity index (χ0n) is 17.2. The van der Waals surface area contributed by atoms with Gasteiger partial charge in [-0.15, -0.1) is 0 Å². The first-order chi connectivity index (χ1) is 14.5. The molecule has 1 aliphatic rings. The summed E-state index contributed by atoms with van der Waals surface area (Å²) in [5, 5.41) is 7.77. The van der Waals surface area contributed by atoms with Crippen LogP contribution in [0.1, 0.15) is 35.8 Å². The van der Waals surface area contributed by atoms with Gasteiger partial charge in [-0.05, 0) is 63.5 Å². The van der Waals surface area contributed by atoms with Crippen molar-refractivity contribution < 1.29 is 9.32 Å². The van der Waals surface area contributed by atoms with E-state index >= 15 is 0 Å². The highest BCUT2D eigenvalue weighted by atomic mass is 35.5. The van der Waals surface area contributed by atoms with E-state index in [-0.39, 0.29) is 11.8 Å². The number of hydrogen-bond donors (Lipinski definition) is 1. The van der Waals surface area contributed by atoms with Crippen molar-refractivity contribution in [2.75, 3.05) is 25.0 Å². The van der Waals surface area contributed by atoms with E-state index in [9.17, 15) is 4.79 Å². The fourth-order valence-electron chi connectivity index (χ4n) is 3.78. The molecule has 30 heavy (non-hydrogen) atoms. The molecule has 1 amide bonds. The molecule has 0 unspecified atom stereocenters. The Morgan fingerprint density at radius 3 is 2.73 bits per heavy atom. The smallest absolute Gasteiger partial charge is 0.238 e. The summed E-state index contributed by atoms with van der Waals surface area (Å²) in [5.41, 5.74) is 3.78. The van der Waals surface area contributed by atoms with Gasteiger partial charge >= 0.3 is 0 Å². The van der Waals surface area contributed by atoms with Gasteiger partial charge < -0.3 is 9.84 Å². The second-order valence-corrected chi connectivity index (χ2v) is 8.24. The lowest BCUT2D eigenvalue weighted by Crippen LogP contribution is -2.38. The quantitative estimate of drug-likeness (QED) is 0.635. The largest absolute Gasteiger partial charge is 0.339 e. The Balaban J connectivity index is 1.31. The van der Waals surface area contributed by atoms with E-state index in [0.717, 1.165) is 42.7 Å². The number of nitrogens with zero attached hydrogens (tertiary/aromatic N) is 3. The molecule has 0 atom stereocenters. The third-order valence-corrected chi connectivity index (χ3v) is 5.97. The summed E-state index contributed by atoms with van der Waals surface area (Å²) in [5.74, 6) is 1.52. The topological polar surface area (TPSA) is 71.3 Å². The van der Waals surface area contributed by atoms with Gasteiger partial charge in [-0.3, -0.25) is 9.69 Å². The molecule has 2 aromatic carbocycles. The highest BCUT2D eigenvalue weighted by Crippen LogP contribution is 2.29. The number of nitrogens with one attached hydrogen (secondary N) is 1. The van der Waals surface area contributed by atoms with E-state index in [1.54, 1.807) is 0 Å². The first-order valence-corrected chi connectivity index (χ1v) is 10.6. The number of aromatic nitrogens is 2. The molecular formula is C23H25ClN4O2. The number of rotatable bonds is 5. The van der Waals surface area contributed by atoms with E-state index in [2.05, 4.69) is 26.4 Å². The maximum Gasteiger partial charge on any atom is 0.238 e. The van der Waals surface area contributed by atoms with Gasteiger partial charge in [-0.2, -0.15) is 4.98 Å². The Bertz CT molecular complexity index is 1040. The molecule has 3 aromatic rings. The van der Waals surface area contributed by atoms with Crippen molar-refractivity contribution in [1.29, 1.82) is 0 Å². The van der Waals surface area contributed by atoms with Crippen LogP contribution in [-0.4, -0.2) is 40.6 Å². The van der Waals surface area contributed by atoms with Crippen molar-refractivity contribution in [1.82, 2.24) is 15.0 Å². The molecule has 4 rings (SSSR count).